The van der Waals surface area contributed by atoms with Gasteiger partial charge in [-0.15, -0.1) is 0 Å². The van der Waals surface area contributed by atoms with Crippen molar-refractivity contribution in [1.82, 2.24) is 0 Å². The fourth-order valence-electron chi connectivity index (χ4n) is 2.25. The summed E-state index contributed by atoms with van der Waals surface area (Å²) in [6, 6.07) is 3.95. The van der Waals surface area contributed by atoms with Gasteiger partial charge in [0.15, 0.2) is 0 Å². The minimum atomic E-state index is -0.805. The fourth-order valence-corrected chi connectivity index (χ4v) is 2.25. The minimum absolute atomic E-state index is 0.188. The molecule has 1 aromatic carbocycles. The molecule has 17 heavy (non-hydrogen) atoms. The van der Waals surface area contributed by atoms with E-state index in [9.17, 15) is 9.59 Å². The van der Waals surface area contributed by atoms with Gasteiger partial charge >= 0.3 is 5.97 Å². The van der Waals surface area contributed by atoms with Crippen molar-refractivity contribution >= 4 is 11.8 Å². The van der Waals surface area contributed by atoms with Gasteiger partial charge in [-0.25, -0.2) is 0 Å². The Morgan fingerprint density at radius 2 is 1.59 bits per heavy atom. The number of Topliss-reactive ketones (excluding diaryl/α,β-unsaturated/α-hetero) is 1. The SMILES string of the molecule is COC(=O)[C@H](C(C)=O)c1c(C)cc(C)cc1C. The molecule has 0 N–H and O–H groups in total. The Labute approximate surface area is 102 Å². The molecule has 0 unspecified atom stereocenters. The molecule has 0 spiro atoms. The smallest absolute Gasteiger partial charge is 0.320 e. The predicted octanol–water partition coefficient (Wildman–Crippen LogP) is 2.46. The van der Waals surface area contributed by atoms with Crippen LogP contribution in [0.1, 0.15) is 35.1 Å². The molecule has 0 bridgehead atoms. The summed E-state index contributed by atoms with van der Waals surface area (Å²) in [5, 5.41) is 0. The summed E-state index contributed by atoms with van der Waals surface area (Å²) < 4.78 is 4.71. The zero-order valence-corrected chi connectivity index (χ0v) is 11.0. The van der Waals surface area contributed by atoms with Crippen molar-refractivity contribution in [3.05, 3.63) is 34.4 Å². The zero-order valence-electron chi connectivity index (χ0n) is 11.0. The van der Waals surface area contributed by atoms with Gasteiger partial charge in [0.05, 0.1) is 7.11 Å². The van der Waals surface area contributed by atoms with Gasteiger partial charge in [-0.3, -0.25) is 9.59 Å². The third-order valence-corrected chi connectivity index (χ3v) is 2.87. The van der Waals surface area contributed by atoms with E-state index in [-0.39, 0.29) is 5.78 Å². The normalized spacial score (nSPS) is 12.1. The third kappa shape index (κ3) is 2.73. The zero-order chi connectivity index (χ0) is 13.2. The summed E-state index contributed by atoms with van der Waals surface area (Å²) in [7, 11) is 1.30. The van der Waals surface area contributed by atoms with Gasteiger partial charge < -0.3 is 4.74 Å². The molecule has 3 heteroatoms. The molecule has 0 radical (unpaired) electrons. The van der Waals surface area contributed by atoms with E-state index >= 15 is 0 Å². The quantitative estimate of drug-likeness (QED) is 0.596. The summed E-state index contributed by atoms with van der Waals surface area (Å²) in [5.74, 6) is -1.49. The second kappa shape index (κ2) is 5.13. The molecule has 1 rings (SSSR count). The molecule has 0 aliphatic heterocycles. The number of ether oxygens (including phenoxy) is 1. The van der Waals surface area contributed by atoms with Crippen LogP contribution in [0.4, 0.5) is 0 Å². The molecule has 0 aliphatic carbocycles. The number of aryl methyl sites for hydroxylation is 3. The van der Waals surface area contributed by atoms with Crippen molar-refractivity contribution in [3.8, 4) is 0 Å². The van der Waals surface area contributed by atoms with E-state index in [1.165, 1.54) is 14.0 Å². The first-order chi connectivity index (χ1) is 7.88. The van der Waals surface area contributed by atoms with Crippen LogP contribution in [0.15, 0.2) is 12.1 Å². The topological polar surface area (TPSA) is 43.4 Å². The lowest BCUT2D eigenvalue weighted by atomic mass is 9.87. The van der Waals surface area contributed by atoms with Crippen LogP contribution in [-0.2, 0) is 14.3 Å². The minimum Gasteiger partial charge on any atom is -0.468 e. The molecular weight excluding hydrogens is 216 g/mol. The van der Waals surface area contributed by atoms with Gasteiger partial charge in [-0.1, -0.05) is 17.7 Å². The monoisotopic (exact) mass is 234 g/mol. The van der Waals surface area contributed by atoms with Crippen LogP contribution in [0.25, 0.3) is 0 Å². The van der Waals surface area contributed by atoms with Crippen molar-refractivity contribution < 1.29 is 14.3 Å². The Morgan fingerprint density at radius 1 is 1.12 bits per heavy atom. The van der Waals surface area contributed by atoms with E-state index in [0.717, 1.165) is 22.3 Å². The van der Waals surface area contributed by atoms with Crippen molar-refractivity contribution in [2.75, 3.05) is 7.11 Å². The summed E-state index contributed by atoms with van der Waals surface area (Å²) >= 11 is 0. The molecular formula is C14H18O3. The Hall–Kier alpha value is -1.64. The van der Waals surface area contributed by atoms with Gasteiger partial charge in [0.25, 0.3) is 0 Å². The van der Waals surface area contributed by atoms with Crippen molar-refractivity contribution in [2.45, 2.75) is 33.6 Å². The van der Waals surface area contributed by atoms with Crippen LogP contribution in [0, 0.1) is 20.8 Å². The maximum atomic E-state index is 11.7. The van der Waals surface area contributed by atoms with Gasteiger partial charge in [-0.2, -0.15) is 0 Å². The highest BCUT2D eigenvalue weighted by Gasteiger charge is 2.29. The van der Waals surface area contributed by atoms with Crippen LogP contribution in [0.5, 0.6) is 0 Å². The second-order valence-electron chi connectivity index (χ2n) is 4.38. The number of ketones is 1. The van der Waals surface area contributed by atoms with E-state index < -0.39 is 11.9 Å². The van der Waals surface area contributed by atoms with Crippen molar-refractivity contribution in [3.63, 3.8) is 0 Å². The number of methoxy groups -OCH3 is 1. The predicted molar refractivity (Wildman–Crippen MR) is 66.1 cm³/mol. The Balaban J connectivity index is 3.38. The number of benzene rings is 1. The van der Waals surface area contributed by atoms with Crippen LogP contribution in [-0.4, -0.2) is 18.9 Å². The molecule has 0 aliphatic rings. The summed E-state index contributed by atoms with van der Waals surface area (Å²) in [6.07, 6.45) is 0. The Bertz CT molecular complexity index is 438. The number of esters is 1. The first-order valence-electron chi connectivity index (χ1n) is 5.54. The average molecular weight is 234 g/mol. The molecule has 0 heterocycles. The molecule has 0 amide bonds. The highest BCUT2D eigenvalue weighted by Crippen LogP contribution is 2.27. The van der Waals surface area contributed by atoms with Crippen LogP contribution < -0.4 is 0 Å². The molecule has 0 fully saturated rings. The lowest BCUT2D eigenvalue weighted by molar-refractivity contribution is -0.145. The maximum absolute atomic E-state index is 11.7. The summed E-state index contributed by atoms with van der Waals surface area (Å²) in [4.78, 5) is 23.3. The summed E-state index contributed by atoms with van der Waals surface area (Å²) in [6.45, 7) is 7.23. The highest BCUT2D eigenvalue weighted by atomic mass is 16.5. The molecule has 3 nitrogen and oxygen atoms in total. The van der Waals surface area contributed by atoms with Gasteiger partial charge in [0.2, 0.25) is 0 Å². The second-order valence-corrected chi connectivity index (χ2v) is 4.38. The van der Waals surface area contributed by atoms with E-state index in [2.05, 4.69) is 0 Å². The van der Waals surface area contributed by atoms with Gasteiger partial charge in [0.1, 0.15) is 11.7 Å². The molecule has 1 aromatic rings. The van der Waals surface area contributed by atoms with Crippen molar-refractivity contribution in [2.24, 2.45) is 0 Å². The van der Waals surface area contributed by atoms with Gasteiger partial charge in [-0.05, 0) is 44.4 Å². The lowest BCUT2D eigenvalue weighted by Gasteiger charge is -2.17. The van der Waals surface area contributed by atoms with E-state index in [1.54, 1.807) is 0 Å². The first kappa shape index (κ1) is 13.4. The Morgan fingerprint density at radius 3 is 1.94 bits per heavy atom. The molecule has 0 saturated carbocycles. The number of hydrogen-bond acceptors (Lipinski definition) is 3. The molecule has 1 atom stereocenters. The number of rotatable bonds is 3. The molecule has 0 aromatic heterocycles. The first-order valence-corrected chi connectivity index (χ1v) is 5.54. The number of hydrogen-bond donors (Lipinski definition) is 0. The molecule has 0 saturated heterocycles. The van der Waals surface area contributed by atoms with E-state index in [1.807, 2.05) is 32.9 Å². The lowest BCUT2D eigenvalue weighted by Crippen LogP contribution is -2.23. The maximum Gasteiger partial charge on any atom is 0.320 e. The highest BCUT2D eigenvalue weighted by molar-refractivity contribution is 6.03. The average Bonchev–Trinajstić information content (AvgIpc) is 2.21. The number of carbonyl (C=O) groups excluding carboxylic acids is 2. The summed E-state index contributed by atoms with van der Waals surface area (Å²) in [5.41, 5.74) is 3.80. The number of carbonyl (C=O) groups is 2. The van der Waals surface area contributed by atoms with Crippen molar-refractivity contribution in [1.29, 1.82) is 0 Å². The largest absolute Gasteiger partial charge is 0.468 e. The van der Waals surface area contributed by atoms with Crippen LogP contribution in [0.3, 0.4) is 0 Å². The van der Waals surface area contributed by atoms with E-state index in [4.69, 9.17) is 4.74 Å². The van der Waals surface area contributed by atoms with Crippen LogP contribution >= 0.6 is 0 Å². The van der Waals surface area contributed by atoms with Crippen LogP contribution in [0.2, 0.25) is 0 Å². The third-order valence-electron chi connectivity index (χ3n) is 2.87. The Kier molecular flexibility index (Phi) is 4.05. The van der Waals surface area contributed by atoms with Gasteiger partial charge in [0, 0.05) is 0 Å². The molecule has 92 valence electrons. The van der Waals surface area contributed by atoms with E-state index in [0.29, 0.717) is 0 Å². The standard InChI is InChI=1S/C14H18O3/c1-8-6-9(2)12(10(3)7-8)13(11(4)15)14(16)17-5/h6-7,13H,1-5H3/t13-/m1/s1. The fraction of sp³-hybridized carbons (Fsp3) is 0.429.